The highest BCUT2D eigenvalue weighted by molar-refractivity contribution is 7.09. The molecule has 2 aromatic rings. The minimum absolute atomic E-state index is 0.0975. The lowest BCUT2D eigenvalue weighted by Crippen LogP contribution is -2.32. The quantitative estimate of drug-likeness (QED) is 0.835. The Balaban J connectivity index is 1.68. The van der Waals surface area contributed by atoms with E-state index in [1.807, 2.05) is 49.3 Å². The fourth-order valence-electron chi connectivity index (χ4n) is 2.35. The topological polar surface area (TPSA) is 78.4 Å². The number of anilines is 1. The summed E-state index contributed by atoms with van der Waals surface area (Å²) in [5, 5.41) is 3.47. The first-order chi connectivity index (χ1) is 11.0. The third-order valence-corrected chi connectivity index (χ3v) is 4.45. The molecule has 0 radical (unpaired) electrons. The number of nitrogens with zero attached hydrogens (tertiary/aromatic N) is 4. The van der Waals surface area contributed by atoms with Crippen molar-refractivity contribution in [2.45, 2.75) is 19.0 Å². The third-order valence-electron chi connectivity index (χ3n) is 3.53. The number of nitrogens with one attached hydrogen (secondary N) is 1. The van der Waals surface area contributed by atoms with Crippen LogP contribution in [0, 0.1) is 0 Å². The smallest absolute Gasteiger partial charge is 0.325 e. The minimum atomic E-state index is -0.531. The molecule has 3 rings (SSSR count). The van der Waals surface area contributed by atoms with Crippen LogP contribution in [0.15, 0.2) is 30.3 Å². The van der Waals surface area contributed by atoms with Gasteiger partial charge in [-0.25, -0.2) is 9.78 Å². The lowest BCUT2D eigenvalue weighted by molar-refractivity contribution is -0.127. The van der Waals surface area contributed by atoms with E-state index in [-0.39, 0.29) is 12.5 Å². The van der Waals surface area contributed by atoms with Crippen LogP contribution in [-0.4, -0.2) is 46.3 Å². The zero-order valence-corrected chi connectivity index (χ0v) is 13.7. The fraction of sp³-hybridized carbons (Fsp3) is 0.333. The SMILES string of the molecule is CN(C)c1nc(CN2C(=O)NC(Cc3ccccc3)C2=O)ns1. The van der Waals surface area contributed by atoms with Crippen LogP contribution >= 0.6 is 11.5 Å². The Kier molecular flexibility index (Phi) is 4.24. The van der Waals surface area contributed by atoms with Crippen LogP contribution in [0.2, 0.25) is 0 Å². The first-order valence-electron chi connectivity index (χ1n) is 7.20. The van der Waals surface area contributed by atoms with Gasteiger partial charge in [0.2, 0.25) is 5.13 Å². The Bertz CT molecular complexity index is 716. The summed E-state index contributed by atoms with van der Waals surface area (Å²) in [6.07, 6.45) is 0.482. The monoisotopic (exact) mass is 331 g/mol. The highest BCUT2D eigenvalue weighted by atomic mass is 32.1. The van der Waals surface area contributed by atoms with Gasteiger partial charge >= 0.3 is 6.03 Å². The second-order valence-electron chi connectivity index (χ2n) is 5.50. The summed E-state index contributed by atoms with van der Waals surface area (Å²) < 4.78 is 4.19. The average Bonchev–Trinajstić information content (AvgIpc) is 3.10. The molecule has 1 aromatic carbocycles. The number of carbonyl (C=O) groups is 2. The number of rotatable bonds is 5. The normalized spacial score (nSPS) is 17.5. The number of hydrogen-bond acceptors (Lipinski definition) is 6. The number of aromatic nitrogens is 2. The molecule has 1 atom stereocenters. The van der Waals surface area contributed by atoms with Gasteiger partial charge < -0.3 is 10.2 Å². The molecule has 120 valence electrons. The van der Waals surface area contributed by atoms with E-state index in [9.17, 15) is 9.59 Å². The molecule has 0 bridgehead atoms. The second kappa shape index (κ2) is 6.33. The summed E-state index contributed by atoms with van der Waals surface area (Å²) in [4.78, 5) is 31.8. The van der Waals surface area contributed by atoms with Crippen molar-refractivity contribution in [1.82, 2.24) is 19.6 Å². The average molecular weight is 331 g/mol. The molecule has 2 heterocycles. The number of imide groups is 1. The highest BCUT2D eigenvalue weighted by Crippen LogP contribution is 2.18. The molecule has 1 aromatic heterocycles. The van der Waals surface area contributed by atoms with Gasteiger partial charge in [-0.05, 0) is 5.56 Å². The largest absolute Gasteiger partial charge is 0.353 e. The lowest BCUT2D eigenvalue weighted by Gasteiger charge is -2.11. The van der Waals surface area contributed by atoms with Gasteiger partial charge in [-0.3, -0.25) is 9.69 Å². The number of carbonyl (C=O) groups excluding carboxylic acids is 2. The summed E-state index contributed by atoms with van der Waals surface area (Å²) >= 11 is 1.24. The molecule has 1 aliphatic rings. The van der Waals surface area contributed by atoms with Crippen LogP contribution in [-0.2, 0) is 17.8 Å². The van der Waals surface area contributed by atoms with E-state index < -0.39 is 12.1 Å². The highest BCUT2D eigenvalue weighted by Gasteiger charge is 2.38. The Morgan fingerprint density at radius 1 is 1.26 bits per heavy atom. The van der Waals surface area contributed by atoms with Gasteiger partial charge in [-0.1, -0.05) is 30.3 Å². The van der Waals surface area contributed by atoms with Crippen molar-refractivity contribution >= 4 is 28.6 Å². The summed E-state index contributed by atoms with van der Waals surface area (Å²) in [5.41, 5.74) is 1.01. The number of benzene rings is 1. The first kappa shape index (κ1) is 15.4. The van der Waals surface area contributed by atoms with Gasteiger partial charge in [0.05, 0.1) is 6.54 Å². The summed E-state index contributed by atoms with van der Waals surface area (Å²) in [6, 6.07) is 8.70. The van der Waals surface area contributed by atoms with Crippen molar-refractivity contribution in [3.8, 4) is 0 Å². The van der Waals surface area contributed by atoms with Crippen molar-refractivity contribution in [3.63, 3.8) is 0 Å². The van der Waals surface area contributed by atoms with E-state index in [1.165, 1.54) is 16.4 Å². The van der Waals surface area contributed by atoms with Gasteiger partial charge in [0.15, 0.2) is 5.82 Å². The molecule has 8 heteroatoms. The Morgan fingerprint density at radius 2 is 2.00 bits per heavy atom. The van der Waals surface area contributed by atoms with Crippen LogP contribution in [0.4, 0.5) is 9.93 Å². The van der Waals surface area contributed by atoms with E-state index >= 15 is 0 Å². The molecular formula is C15H17N5O2S. The van der Waals surface area contributed by atoms with Crippen molar-refractivity contribution < 1.29 is 9.59 Å². The predicted octanol–water partition coefficient (Wildman–Crippen LogP) is 1.27. The van der Waals surface area contributed by atoms with Crippen molar-refractivity contribution in [3.05, 3.63) is 41.7 Å². The number of urea groups is 1. The predicted molar refractivity (Wildman–Crippen MR) is 87.3 cm³/mol. The van der Waals surface area contributed by atoms with E-state index in [4.69, 9.17) is 0 Å². The van der Waals surface area contributed by atoms with Crippen LogP contribution in [0.25, 0.3) is 0 Å². The molecule has 1 aliphatic heterocycles. The van der Waals surface area contributed by atoms with Crippen molar-refractivity contribution in [2.75, 3.05) is 19.0 Å². The molecule has 0 spiro atoms. The Morgan fingerprint density at radius 3 is 2.65 bits per heavy atom. The summed E-state index contributed by atoms with van der Waals surface area (Å²) in [7, 11) is 3.74. The maximum atomic E-state index is 12.4. The molecule has 3 amide bonds. The molecule has 0 aliphatic carbocycles. The van der Waals surface area contributed by atoms with Crippen LogP contribution in [0.1, 0.15) is 11.4 Å². The molecule has 1 saturated heterocycles. The molecule has 1 fully saturated rings. The van der Waals surface area contributed by atoms with E-state index in [0.717, 1.165) is 10.7 Å². The van der Waals surface area contributed by atoms with Crippen LogP contribution in [0.5, 0.6) is 0 Å². The Labute approximate surface area is 138 Å². The summed E-state index contributed by atoms with van der Waals surface area (Å²) in [6.45, 7) is 0.0975. The molecular weight excluding hydrogens is 314 g/mol. The molecule has 1 unspecified atom stereocenters. The molecule has 1 N–H and O–H groups in total. The van der Waals surface area contributed by atoms with E-state index in [0.29, 0.717) is 12.2 Å². The Hall–Kier alpha value is -2.48. The van der Waals surface area contributed by atoms with E-state index in [1.54, 1.807) is 0 Å². The number of hydrogen-bond donors (Lipinski definition) is 1. The second-order valence-corrected chi connectivity index (χ2v) is 6.23. The molecule has 0 saturated carbocycles. The van der Waals surface area contributed by atoms with Crippen LogP contribution < -0.4 is 10.2 Å². The van der Waals surface area contributed by atoms with Crippen molar-refractivity contribution in [1.29, 1.82) is 0 Å². The van der Waals surface area contributed by atoms with Gasteiger partial charge in [-0.2, -0.15) is 4.37 Å². The van der Waals surface area contributed by atoms with E-state index in [2.05, 4.69) is 14.7 Å². The summed E-state index contributed by atoms with van der Waals surface area (Å²) in [5.74, 6) is 0.239. The fourth-order valence-corrected chi connectivity index (χ4v) is 2.94. The zero-order valence-electron chi connectivity index (χ0n) is 12.9. The first-order valence-corrected chi connectivity index (χ1v) is 7.97. The zero-order chi connectivity index (χ0) is 16.4. The van der Waals surface area contributed by atoms with Gasteiger partial charge in [0, 0.05) is 32.0 Å². The number of amides is 3. The molecule has 23 heavy (non-hydrogen) atoms. The maximum Gasteiger partial charge on any atom is 0.325 e. The van der Waals surface area contributed by atoms with Gasteiger partial charge in [0.1, 0.15) is 6.04 Å². The standard InChI is InChI=1S/C15H17N5O2S/c1-19(2)15-17-12(18-23-15)9-20-13(21)11(16-14(20)22)8-10-6-4-3-5-7-10/h3-7,11H,8-9H2,1-2H3,(H,16,22). The van der Waals surface area contributed by atoms with Gasteiger partial charge in [0.25, 0.3) is 5.91 Å². The van der Waals surface area contributed by atoms with Crippen molar-refractivity contribution in [2.24, 2.45) is 0 Å². The lowest BCUT2D eigenvalue weighted by atomic mass is 10.1. The minimum Gasteiger partial charge on any atom is -0.353 e. The van der Waals surface area contributed by atoms with Crippen LogP contribution in [0.3, 0.4) is 0 Å². The third kappa shape index (κ3) is 3.31. The maximum absolute atomic E-state index is 12.4. The molecule has 7 nitrogen and oxygen atoms in total. The van der Waals surface area contributed by atoms with Gasteiger partial charge in [-0.15, -0.1) is 0 Å².